The molecule has 1 aliphatic heterocycles. The lowest BCUT2D eigenvalue weighted by molar-refractivity contribution is -0.137. The second-order valence-corrected chi connectivity index (χ2v) is 18.1. The van der Waals surface area contributed by atoms with E-state index in [0.717, 1.165) is 34.6 Å². The SMILES string of the molecule is Cc1cc(C(O)C(C)N2CCC(O)(c3ccc(C(F)(F)F)cc3)CC2)cc(C)c1O[Si](C(C)C)(C(C)C)C(C)C. The Morgan fingerprint density at radius 1 is 0.850 bits per heavy atom. The largest absolute Gasteiger partial charge is 0.542 e. The summed E-state index contributed by atoms with van der Waals surface area (Å²) in [7, 11) is -2.13. The van der Waals surface area contributed by atoms with Crippen LogP contribution in [0.4, 0.5) is 13.2 Å². The van der Waals surface area contributed by atoms with E-state index in [0.29, 0.717) is 48.1 Å². The van der Waals surface area contributed by atoms with Gasteiger partial charge in [-0.25, -0.2) is 0 Å². The van der Waals surface area contributed by atoms with E-state index in [4.69, 9.17) is 4.43 Å². The monoisotopic (exact) mass is 579 g/mol. The van der Waals surface area contributed by atoms with Crippen molar-refractivity contribution in [3.63, 3.8) is 0 Å². The molecule has 3 rings (SSSR count). The van der Waals surface area contributed by atoms with Gasteiger partial charge < -0.3 is 14.6 Å². The van der Waals surface area contributed by atoms with E-state index >= 15 is 0 Å². The maximum absolute atomic E-state index is 13.0. The van der Waals surface area contributed by atoms with Crippen LogP contribution in [0.2, 0.25) is 16.6 Å². The Labute approximate surface area is 239 Å². The van der Waals surface area contributed by atoms with Crippen molar-refractivity contribution >= 4 is 8.32 Å². The molecule has 4 nitrogen and oxygen atoms in total. The zero-order valence-corrected chi connectivity index (χ0v) is 26.6. The van der Waals surface area contributed by atoms with Crippen molar-refractivity contribution in [2.75, 3.05) is 13.1 Å². The molecule has 0 aromatic heterocycles. The lowest BCUT2D eigenvalue weighted by Gasteiger charge is -2.43. The van der Waals surface area contributed by atoms with Crippen molar-refractivity contribution < 1.29 is 27.8 Å². The summed E-state index contributed by atoms with van der Waals surface area (Å²) in [6, 6.07) is 8.68. The van der Waals surface area contributed by atoms with Gasteiger partial charge in [0.25, 0.3) is 8.32 Å². The highest BCUT2D eigenvalue weighted by Crippen LogP contribution is 2.45. The number of nitrogens with zero attached hydrogens (tertiary/aromatic N) is 1. The van der Waals surface area contributed by atoms with E-state index in [1.54, 1.807) is 0 Å². The number of benzene rings is 2. The number of piperidine rings is 1. The van der Waals surface area contributed by atoms with Gasteiger partial charge in [0.1, 0.15) is 5.75 Å². The number of hydrogen-bond donors (Lipinski definition) is 2. The van der Waals surface area contributed by atoms with Crippen molar-refractivity contribution in [1.82, 2.24) is 4.90 Å². The van der Waals surface area contributed by atoms with E-state index in [2.05, 4.69) is 60.3 Å². The van der Waals surface area contributed by atoms with Crippen molar-refractivity contribution in [2.45, 2.75) is 116 Å². The molecule has 0 radical (unpaired) electrons. The molecule has 0 spiro atoms. The van der Waals surface area contributed by atoms with E-state index in [9.17, 15) is 23.4 Å². The molecule has 0 saturated carbocycles. The van der Waals surface area contributed by atoms with Gasteiger partial charge >= 0.3 is 6.18 Å². The first-order valence-electron chi connectivity index (χ1n) is 14.6. The van der Waals surface area contributed by atoms with Crippen LogP contribution < -0.4 is 4.43 Å². The Morgan fingerprint density at radius 2 is 1.30 bits per heavy atom. The van der Waals surface area contributed by atoms with Crippen molar-refractivity contribution in [3.05, 3.63) is 64.2 Å². The molecule has 1 saturated heterocycles. The number of aliphatic hydroxyl groups is 2. The second kappa shape index (κ2) is 12.2. The Bertz CT molecular complexity index is 1090. The van der Waals surface area contributed by atoms with E-state index in [1.807, 2.05) is 19.1 Å². The minimum Gasteiger partial charge on any atom is -0.542 e. The minimum absolute atomic E-state index is 0.196. The molecular formula is C32H48F3NO3Si. The second-order valence-electron chi connectivity index (χ2n) is 12.7. The molecule has 40 heavy (non-hydrogen) atoms. The molecule has 8 heteroatoms. The minimum atomic E-state index is -4.40. The quantitative estimate of drug-likeness (QED) is 0.294. The topological polar surface area (TPSA) is 52.9 Å². The van der Waals surface area contributed by atoms with Gasteiger partial charge in [-0.3, -0.25) is 4.90 Å². The Kier molecular flexibility index (Phi) is 9.92. The van der Waals surface area contributed by atoms with E-state index in [-0.39, 0.29) is 6.04 Å². The number of aryl methyl sites for hydroxylation is 2. The lowest BCUT2D eigenvalue weighted by atomic mass is 9.83. The fraction of sp³-hybridized carbons (Fsp3) is 0.625. The van der Waals surface area contributed by atoms with Crippen LogP contribution in [0.5, 0.6) is 5.75 Å². The van der Waals surface area contributed by atoms with E-state index in [1.165, 1.54) is 12.1 Å². The summed E-state index contributed by atoms with van der Waals surface area (Å²) >= 11 is 0. The summed E-state index contributed by atoms with van der Waals surface area (Å²) in [5.74, 6) is 0.936. The first kappa shape index (κ1) is 32.6. The summed E-state index contributed by atoms with van der Waals surface area (Å²) in [5.41, 5.74) is 2.85. The summed E-state index contributed by atoms with van der Waals surface area (Å²) in [6.45, 7) is 20.8. The summed E-state index contributed by atoms with van der Waals surface area (Å²) in [4.78, 5) is 2.15. The predicted molar refractivity (Wildman–Crippen MR) is 158 cm³/mol. The molecule has 1 heterocycles. The molecule has 2 N–H and O–H groups in total. The third kappa shape index (κ3) is 6.45. The van der Waals surface area contributed by atoms with Gasteiger partial charge in [-0.1, -0.05) is 53.7 Å². The number of likely N-dealkylation sites (tertiary alicyclic amines) is 1. The van der Waals surface area contributed by atoms with Crippen LogP contribution in [-0.2, 0) is 11.8 Å². The summed E-state index contributed by atoms with van der Waals surface area (Å²) in [6.07, 6.45) is -4.37. The average Bonchev–Trinajstić information content (AvgIpc) is 2.86. The third-order valence-electron chi connectivity index (χ3n) is 9.22. The van der Waals surface area contributed by atoms with Crippen LogP contribution in [0.1, 0.15) is 95.2 Å². The molecule has 0 bridgehead atoms. The number of alkyl halides is 3. The smallest absolute Gasteiger partial charge is 0.416 e. The van der Waals surface area contributed by atoms with Crippen LogP contribution in [0.3, 0.4) is 0 Å². The Balaban J connectivity index is 1.74. The molecule has 2 aromatic carbocycles. The van der Waals surface area contributed by atoms with Crippen LogP contribution in [0.25, 0.3) is 0 Å². The van der Waals surface area contributed by atoms with Gasteiger partial charge in [0.15, 0.2) is 0 Å². The van der Waals surface area contributed by atoms with Crippen LogP contribution in [-0.4, -0.2) is 42.6 Å². The molecule has 0 amide bonds. The molecule has 1 fully saturated rings. The standard InChI is InChI=1S/C32H48F3NO3Si/c1-20(2)40(21(3)4,22(5)6)39-30-23(7)18-26(19-24(30)8)29(37)25(9)36-16-14-31(38,15-17-36)27-10-12-28(13-11-27)32(33,34)35/h10-13,18-22,25,29,37-38H,14-17H2,1-9H3. The molecule has 2 aromatic rings. The van der Waals surface area contributed by atoms with Crippen LogP contribution in [0, 0.1) is 13.8 Å². The first-order valence-corrected chi connectivity index (χ1v) is 16.7. The van der Waals surface area contributed by atoms with Crippen molar-refractivity contribution in [2.24, 2.45) is 0 Å². The predicted octanol–water partition coefficient (Wildman–Crippen LogP) is 8.28. The molecule has 2 atom stereocenters. The van der Waals surface area contributed by atoms with Gasteiger partial charge in [-0.05, 0) is 96.8 Å². The number of aliphatic hydroxyl groups excluding tert-OH is 1. The van der Waals surface area contributed by atoms with Gasteiger partial charge in [-0.15, -0.1) is 0 Å². The van der Waals surface area contributed by atoms with Gasteiger partial charge in [0.2, 0.25) is 0 Å². The lowest BCUT2D eigenvalue weighted by Crippen LogP contribution is -2.51. The fourth-order valence-corrected chi connectivity index (χ4v) is 12.3. The average molecular weight is 580 g/mol. The number of halogens is 3. The van der Waals surface area contributed by atoms with Crippen molar-refractivity contribution in [1.29, 1.82) is 0 Å². The third-order valence-corrected chi connectivity index (χ3v) is 15.2. The molecule has 0 aliphatic carbocycles. The van der Waals surface area contributed by atoms with Gasteiger partial charge in [0, 0.05) is 19.1 Å². The van der Waals surface area contributed by atoms with Crippen LogP contribution >= 0.6 is 0 Å². The van der Waals surface area contributed by atoms with Gasteiger partial charge in [0.05, 0.1) is 17.3 Å². The highest BCUT2D eigenvalue weighted by atomic mass is 28.4. The maximum Gasteiger partial charge on any atom is 0.416 e. The molecule has 224 valence electrons. The first-order chi connectivity index (χ1) is 18.4. The fourth-order valence-electron chi connectivity index (χ4n) is 6.88. The molecule has 1 aliphatic rings. The zero-order valence-electron chi connectivity index (χ0n) is 25.6. The summed E-state index contributed by atoms with van der Waals surface area (Å²) < 4.78 is 45.9. The zero-order chi connectivity index (χ0) is 30.2. The van der Waals surface area contributed by atoms with Crippen molar-refractivity contribution in [3.8, 4) is 5.75 Å². The summed E-state index contributed by atoms with van der Waals surface area (Å²) in [5, 5.41) is 22.6. The normalized spacial score (nSPS) is 18.4. The van der Waals surface area contributed by atoms with Crippen LogP contribution in [0.15, 0.2) is 36.4 Å². The molecule has 2 unspecified atom stereocenters. The molecular weight excluding hydrogens is 531 g/mol. The highest BCUT2D eigenvalue weighted by molar-refractivity contribution is 6.78. The Hall–Kier alpha value is -1.87. The number of rotatable bonds is 9. The van der Waals surface area contributed by atoms with E-state index < -0.39 is 31.8 Å². The number of hydrogen-bond acceptors (Lipinski definition) is 4. The van der Waals surface area contributed by atoms with Gasteiger partial charge in [-0.2, -0.15) is 13.2 Å². The highest BCUT2D eigenvalue weighted by Gasteiger charge is 2.47. The Morgan fingerprint density at radius 3 is 1.70 bits per heavy atom. The maximum atomic E-state index is 13.0.